The zero-order chi connectivity index (χ0) is 18.2. The quantitative estimate of drug-likeness (QED) is 0.757. The summed E-state index contributed by atoms with van der Waals surface area (Å²) in [7, 11) is 1.86. The number of rotatable bonds is 8. The first-order valence-corrected chi connectivity index (χ1v) is 9.17. The van der Waals surface area contributed by atoms with Crippen LogP contribution in [0.25, 0.3) is 0 Å². The fourth-order valence-corrected chi connectivity index (χ4v) is 3.24. The van der Waals surface area contributed by atoms with Gasteiger partial charge < -0.3 is 10.1 Å². The molecule has 1 N–H and O–H groups in total. The van der Waals surface area contributed by atoms with Gasteiger partial charge in [-0.2, -0.15) is 5.10 Å². The highest BCUT2D eigenvalue weighted by Gasteiger charge is 2.25. The number of benzene rings is 1. The highest BCUT2D eigenvalue weighted by Crippen LogP contribution is 2.12. The molecule has 3 rings (SSSR count). The number of amides is 1. The van der Waals surface area contributed by atoms with Gasteiger partial charge in [0.1, 0.15) is 12.2 Å². The molecule has 1 aliphatic heterocycles. The van der Waals surface area contributed by atoms with E-state index in [0.29, 0.717) is 26.0 Å². The standard InChI is InChI=1S/C19H27N5O2/c1-23-18(21-15-22-23)7-9-20-19(25)13-17-14-26-12-11-24(17)10-8-16-5-3-2-4-6-16/h2-6,15,17H,7-14H2,1H3,(H,20,25). The number of hydrogen-bond donors (Lipinski definition) is 1. The third kappa shape index (κ3) is 5.37. The van der Waals surface area contributed by atoms with Crippen LogP contribution in [0.2, 0.25) is 0 Å². The number of aromatic nitrogens is 3. The van der Waals surface area contributed by atoms with Crippen LogP contribution in [0.1, 0.15) is 17.8 Å². The van der Waals surface area contributed by atoms with E-state index in [9.17, 15) is 4.79 Å². The molecule has 2 heterocycles. The molecule has 1 aliphatic rings. The van der Waals surface area contributed by atoms with Gasteiger partial charge in [-0.05, 0) is 12.0 Å². The van der Waals surface area contributed by atoms with Crippen LogP contribution in [0.5, 0.6) is 0 Å². The SMILES string of the molecule is Cn1ncnc1CCNC(=O)CC1COCCN1CCc1ccccc1. The lowest BCUT2D eigenvalue weighted by atomic mass is 10.1. The number of aryl methyl sites for hydroxylation is 1. The second kappa shape index (κ2) is 9.45. The number of carbonyl (C=O) groups is 1. The number of hydrogen-bond acceptors (Lipinski definition) is 5. The normalized spacial score (nSPS) is 18.0. The van der Waals surface area contributed by atoms with Gasteiger partial charge in [-0.3, -0.25) is 14.4 Å². The van der Waals surface area contributed by atoms with Crippen molar-refractivity contribution < 1.29 is 9.53 Å². The molecule has 1 unspecified atom stereocenters. The Labute approximate surface area is 154 Å². The van der Waals surface area contributed by atoms with Crippen molar-refractivity contribution in [2.24, 2.45) is 7.05 Å². The molecule has 1 fully saturated rings. The van der Waals surface area contributed by atoms with E-state index >= 15 is 0 Å². The molecular weight excluding hydrogens is 330 g/mol. The number of nitrogens with one attached hydrogen (secondary N) is 1. The predicted octanol–water partition coefficient (Wildman–Crippen LogP) is 0.807. The first-order valence-electron chi connectivity index (χ1n) is 9.17. The van der Waals surface area contributed by atoms with Crippen molar-refractivity contribution in [1.29, 1.82) is 0 Å². The molecule has 1 atom stereocenters. The van der Waals surface area contributed by atoms with Gasteiger partial charge in [0, 0.05) is 45.6 Å². The second-order valence-electron chi connectivity index (χ2n) is 6.60. The van der Waals surface area contributed by atoms with Gasteiger partial charge in [0.25, 0.3) is 0 Å². The van der Waals surface area contributed by atoms with E-state index in [1.165, 1.54) is 11.9 Å². The summed E-state index contributed by atoms with van der Waals surface area (Å²) in [6.07, 6.45) is 3.67. The van der Waals surface area contributed by atoms with Crippen molar-refractivity contribution >= 4 is 5.91 Å². The van der Waals surface area contributed by atoms with Crippen LogP contribution in [0, 0.1) is 0 Å². The summed E-state index contributed by atoms with van der Waals surface area (Å²) in [5.74, 6) is 0.933. The topological polar surface area (TPSA) is 72.3 Å². The van der Waals surface area contributed by atoms with Gasteiger partial charge >= 0.3 is 0 Å². The van der Waals surface area contributed by atoms with Crippen molar-refractivity contribution in [3.05, 3.63) is 48.0 Å². The summed E-state index contributed by atoms with van der Waals surface area (Å²) in [5.41, 5.74) is 1.32. The van der Waals surface area contributed by atoms with E-state index in [0.717, 1.165) is 31.9 Å². The maximum atomic E-state index is 12.3. The van der Waals surface area contributed by atoms with Gasteiger partial charge in [-0.25, -0.2) is 4.98 Å². The molecule has 1 amide bonds. The van der Waals surface area contributed by atoms with Crippen LogP contribution < -0.4 is 5.32 Å². The summed E-state index contributed by atoms with van der Waals surface area (Å²) in [6.45, 7) is 3.75. The van der Waals surface area contributed by atoms with E-state index in [4.69, 9.17) is 4.74 Å². The van der Waals surface area contributed by atoms with E-state index in [-0.39, 0.29) is 11.9 Å². The fraction of sp³-hybridized carbons (Fsp3) is 0.526. The minimum absolute atomic E-state index is 0.0624. The van der Waals surface area contributed by atoms with Crippen LogP contribution in [-0.2, 0) is 29.4 Å². The second-order valence-corrected chi connectivity index (χ2v) is 6.60. The summed E-state index contributed by atoms with van der Waals surface area (Å²) >= 11 is 0. The molecule has 2 aromatic rings. The Hall–Kier alpha value is -2.25. The molecule has 0 bridgehead atoms. The molecular formula is C19H27N5O2. The third-order valence-corrected chi connectivity index (χ3v) is 4.78. The van der Waals surface area contributed by atoms with E-state index in [1.807, 2.05) is 13.1 Å². The zero-order valence-corrected chi connectivity index (χ0v) is 15.3. The van der Waals surface area contributed by atoms with Crippen LogP contribution in [-0.4, -0.2) is 64.5 Å². The maximum absolute atomic E-state index is 12.3. The van der Waals surface area contributed by atoms with E-state index in [2.05, 4.69) is 44.6 Å². The van der Waals surface area contributed by atoms with E-state index in [1.54, 1.807) is 4.68 Å². The summed E-state index contributed by atoms with van der Waals surface area (Å²) in [6, 6.07) is 10.6. The minimum Gasteiger partial charge on any atom is -0.378 e. The molecule has 1 saturated heterocycles. The lowest BCUT2D eigenvalue weighted by molar-refractivity contribution is -0.124. The summed E-state index contributed by atoms with van der Waals surface area (Å²) in [5, 5.41) is 7.02. The highest BCUT2D eigenvalue weighted by molar-refractivity contribution is 5.76. The number of carbonyl (C=O) groups excluding carboxylic acids is 1. The Morgan fingerprint density at radius 1 is 1.31 bits per heavy atom. The fourth-order valence-electron chi connectivity index (χ4n) is 3.24. The monoisotopic (exact) mass is 357 g/mol. The number of nitrogens with zero attached hydrogens (tertiary/aromatic N) is 4. The van der Waals surface area contributed by atoms with Crippen molar-refractivity contribution in [2.45, 2.75) is 25.3 Å². The number of ether oxygens (including phenoxy) is 1. The molecule has 0 saturated carbocycles. The average molecular weight is 357 g/mol. The lowest BCUT2D eigenvalue weighted by Gasteiger charge is -2.35. The Kier molecular flexibility index (Phi) is 6.74. The van der Waals surface area contributed by atoms with Crippen LogP contribution >= 0.6 is 0 Å². The Balaban J connectivity index is 1.43. The van der Waals surface area contributed by atoms with Crippen molar-refractivity contribution in [3.8, 4) is 0 Å². The van der Waals surface area contributed by atoms with Crippen molar-refractivity contribution in [3.63, 3.8) is 0 Å². The van der Waals surface area contributed by atoms with Crippen LogP contribution in [0.4, 0.5) is 0 Å². The van der Waals surface area contributed by atoms with Crippen molar-refractivity contribution in [2.75, 3.05) is 32.8 Å². The van der Waals surface area contributed by atoms with Gasteiger partial charge in [0.2, 0.25) is 5.91 Å². The maximum Gasteiger partial charge on any atom is 0.221 e. The molecule has 7 nitrogen and oxygen atoms in total. The van der Waals surface area contributed by atoms with E-state index < -0.39 is 0 Å². The molecule has 7 heteroatoms. The first kappa shape index (κ1) is 18.5. The van der Waals surface area contributed by atoms with Crippen LogP contribution in [0.15, 0.2) is 36.7 Å². The van der Waals surface area contributed by atoms with Gasteiger partial charge in [-0.1, -0.05) is 30.3 Å². The number of morpholine rings is 1. The molecule has 140 valence electrons. The molecule has 26 heavy (non-hydrogen) atoms. The Morgan fingerprint density at radius 2 is 2.15 bits per heavy atom. The largest absolute Gasteiger partial charge is 0.378 e. The third-order valence-electron chi connectivity index (χ3n) is 4.78. The summed E-state index contributed by atoms with van der Waals surface area (Å²) < 4.78 is 7.33. The summed E-state index contributed by atoms with van der Waals surface area (Å²) in [4.78, 5) is 18.8. The van der Waals surface area contributed by atoms with Crippen LogP contribution in [0.3, 0.4) is 0 Å². The molecule has 0 aliphatic carbocycles. The average Bonchev–Trinajstić information content (AvgIpc) is 3.07. The minimum atomic E-state index is 0.0624. The lowest BCUT2D eigenvalue weighted by Crippen LogP contribution is -2.48. The smallest absolute Gasteiger partial charge is 0.221 e. The predicted molar refractivity (Wildman–Crippen MR) is 98.7 cm³/mol. The van der Waals surface area contributed by atoms with Gasteiger partial charge in [0.15, 0.2) is 0 Å². The van der Waals surface area contributed by atoms with Crippen molar-refractivity contribution in [1.82, 2.24) is 25.0 Å². The molecule has 0 radical (unpaired) electrons. The zero-order valence-electron chi connectivity index (χ0n) is 15.3. The Morgan fingerprint density at radius 3 is 2.92 bits per heavy atom. The molecule has 0 spiro atoms. The van der Waals surface area contributed by atoms with Gasteiger partial charge in [0.05, 0.1) is 13.2 Å². The van der Waals surface area contributed by atoms with Gasteiger partial charge in [-0.15, -0.1) is 0 Å². The molecule has 1 aromatic carbocycles. The Bertz CT molecular complexity index is 688. The first-order chi connectivity index (χ1) is 12.7. The highest BCUT2D eigenvalue weighted by atomic mass is 16.5. The molecule has 1 aromatic heterocycles.